The average molecular weight is 393 g/mol. The number of carbonyl (C=O) groups excluding carboxylic acids is 1. The van der Waals surface area contributed by atoms with Gasteiger partial charge in [-0.25, -0.2) is 12.8 Å². The largest absolute Gasteiger partial charge is 0.399 e. The minimum atomic E-state index is -3.50. The molecular weight excluding hydrogens is 369 g/mol. The molecule has 2 aromatic rings. The zero-order valence-corrected chi connectivity index (χ0v) is 16.4. The average Bonchev–Trinajstić information content (AvgIpc) is 2.58. The first-order valence-corrected chi connectivity index (χ1v) is 10.4. The van der Waals surface area contributed by atoms with E-state index >= 15 is 0 Å². The summed E-state index contributed by atoms with van der Waals surface area (Å²) in [5.74, 6) is -0.750. The molecule has 27 heavy (non-hydrogen) atoms. The summed E-state index contributed by atoms with van der Waals surface area (Å²) in [6.07, 6.45) is 1.73. The van der Waals surface area contributed by atoms with Crippen LogP contribution in [-0.4, -0.2) is 27.1 Å². The van der Waals surface area contributed by atoms with Crippen molar-refractivity contribution >= 4 is 27.3 Å². The highest BCUT2D eigenvalue weighted by atomic mass is 32.2. The number of amides is 1. The van der Waals surface area contributed by atoms with E-state index in [1.54, 1.807) is 19.1 Å². The van der Waals surface area contributed by atoms with Gasteiger partial charge in [-0.2, -0.15) is 0 Å². The van der Waals surface area contributed by atoms with Gasteiger partial charge in [0.25, 0.3) is 5.91 Å². The van der Waals surface area contributed by atoms with Gasteiger partial charge in [0.15, 0.2) is 0 Å². The molecule has 0 heterocycles. The summed E-state index contributed by atoms with van der Waals surface area (Å²) in [4.78, 5) is 12.6. The summed E-state index contributed by atoms with van der Waals surface area (Å²) >= 11 is 0. The second-order valence-electron chi connectivity index (χ2n) is 6.40. The summed E-state index contributed by atoms with van der Waals surface area (Å²) < 4.78 is 38.4. The number of halogens is 1. The highest BCUT2D eigenvalue weighted by Crippen LogP contribution is 2.24. The highest BCUT2D eigenvalue weighted by molar-refractivity contribution is 7.92. The van der Waals surface area contributed by atoms with Crippen molar-refractivity contribution in [1.82, 2.24) is 5.32 Å². The van der Waals surface area contributed by atoms with E-state index in [2.05, 4.69) is 5.32 Å². The van der Waals surface area contributed by atoms with Gasteiger partial charge < -0.3 is 11.1 Å². The Labute approximate surface area is 159 Å². The maximum Gasteiger partial charge on any atom is 0.251 e. The zero-order valence-electron chi connectivity index (χ0n) is 15.6. The second-order valence-corrected chi connectivity index (χ2v) is 8.30. The molecular formula is C19H24FN3O3S. The number of sulfonamides is 1. The van der Waals surface area contributed by atoms with Gasteiger partial charge in [0, 0.05) is 17.8 Å². The van der Waals surface area contributed by atoms with Crippen LogP contribution < -0.4 is 15.4 Å². The van der Waals surface area contributed by atoms with Crippen LogP contribution >= 0.6 is 0 Å². The molecule has 0 fully saturated rings. The molecule has 0 spiro atoms. The number of hydrogen-bond acceptors (Lipinski definition) is 4. The molecule has 0 bridgehead atoms. The van der Waals surface area contributed by atoms with Crippen molar-refractivity contribution in [3.63, 3.8) is 0 Å². The molecule has 8 heteroatoms. The van der Waals surface area contributed by atoms with Crippen molar-refractivity contribution in [2.24, 2.45) is 0 Å². The maximum atomic E-state index is 13.0. The van der Waals surface area contributed by atoms with Crippen LogP contribution in [-0.2, 0) is 10.0 Å². The van der Waals surface area contributed by atoms with Crippen molar-refractivity contribution in [2.45, 2.75) is 26.3 Å². The quantitative estimate of drug-likeness (QED) is 0.707. The van der Waals surface area contributed by atoms with E-state index in [9.17, 15) is 17.6 Å². The Bertz CT molecular complexity index is 914. The zero-order chi connectivity index (χ0) is 20.2. The first-order valence-electron chi connectivity index (χ1n) is 8.56. The molecule has 146 valence electrons. The van der Waals surface area contributed by atoms with Gasteiger partial charge in [0.1, 0.15) is 5.82 Å². The molecule has 0 unspecified atom stereocenters. The van der Waals surface area contributed by atoms with Crippen molar-refractivity contribution in [3.05, 3.63) is 59.4 Å². The lowest BCUT2D eigenvalue weighted by molar-refractivity contribution is 0.0940. The third-order valence-electron chi connectivity index (χ3n) is 4.03. The second kappa shape index (κ2) is 8.39. The van der Waals surface area contributed by atoms with E-state index in [1.165, 1.54) is 34.6 Å². The number of benzene rings is 2. The number of nitrogens with one attached hydrogen (secondary N) is 1. The van der Waals surface area contributed by atoms with Gasteiger partial charge in [-0.1, -0.05) is 19.1 Å². The molecule has 6 nitrogen and oxygen atoms in total. The Kier molecular flexibility index (Phi) is 6.43. The third-order valence-corrected chi connectivity index (χ3v) is 5.23. The number of nitrogen functional groups attached to an aromatic ring is 1. The van der Waals surface area contributed by atoms with E-state index in [1.807, 2.05) is 6.92 Å². The SMILES string of the molecule is CCCN(c1cc(N)cc(C(=O)N[C@H](C)c2ccc(F)cc2)c1)S(C)(=O)=O. The fourth-order valence-corrected chi connectivity index (χ4v) is 3.72. The van der Waals surface area contributed by atoms with Crippen LogP contribution in [0.5, 0.6) is 0 Å². The maximum absolute atomic E-state index is 13.0. The van der Waals surface area contributed by atoms with E-state index in [0.29, 0.717) is 12.1 Å². The van der Waals surface area contributed by atoms with Crippen molar-refractivity contribution < 1.29 is 17.6 Å². The number of hydrogen-bond donors (Lipinski definition) is 2. The van der Waals surface area contributed by atoms with Crippen LogP contribution in [0, 0.1) is 5.82 Å². The number of rotatable bonds is 7. The lowest BCUT2D eigenvalue weighted by Crippen LogP contribution is -2.31. The number of nitrogens with two attached hydrogens (primary N) is 1. The Morgan fingerprint density at radius 1 is 1.22 bits per heavy atom. The van der Waals surface area contributed by atoms with Gasteiger partial charge in [-0.05, 0) is 49.2 Å². The van der Waals surface area contributed by atoms with Crippen molar-refractivity contribution in [3.8, 4) is 0 Å². The van der Waals surface area contributed by atoms with Crippen LogP contribution in [0.4, 0.5) is 15.8 Å². The Morgan fingerprint density at radius 3 is 2.41 bits per heavy atom. The van der Waals surface area contributed by atoms with Crippen molar-refractivity contribution in [1.29, 1.82) is 0 Å². The normalized spacial score (nSPS) is 12.4. The minimum absolute atomic E-state index is 0.253. The molecule has 0 saturated carbocycles. The molecule has 1 atom stereocenters. The molecule has 3 N–H and O–H groups in total. The molecule has 0 saturated heterocycles. The van der Waals surface area contributed by atoms with Gasteiger partial charge >= 0.3 is 0 Å². The van der Waals surface area contributed by atoms with Gasteiger partial charge in [0.05, 0.1) is 18.0 Å². The summed E-state index contributed by atoms with van der Waals surface area (Å²) in [5.41, 5.74) is 7.53. The van der Waals surface area contributed by atoms with Crippen LogP contribution in [0.15, 0.2) is 42.5 Å². The molecule has 0 aliphatic carbocycles. The number of anilines is 2. The summed E-state index contributed by atoms with van der Waals surface area (Å²) in [7, 11) is -3.50. The number of nitrogens with zero attached hydrogens (tertiary/aromatic N) is 1. The first-order chi connectivity index (χ1) is 12.6. The van der Waals surface area contributed by atoms with Crippen LogP contribution in [0.1, 0.15) is 42.2 Å². The lowest BCUT2D eigenvalue weighted by Gasteiger charge is -2.23. The van der Waals surface area contributed by atoms with Gasteiger partial charge in [0.2, 0.25) is 10.0 Å². The topological polar surface area (TPSA) is 92.5 Å². The van der Waals surface area contributed by atoms with Gasteiger partial charge in [-0.15, -0.1) is 0 Å². The minimum Gasteiger partial charge on any atom is -0.399 e. The van der Waals surface area contributed by atoms with E-state index in [4.69, 9.17) is 5.73 Å². The predicted molar refractivity (Wildman–Crippen MR) is 106 cm³/mol. The summed E-state index contributed by atoms with van der Waals surface area (Å²) in [6.45, 7) is 3.93. The Morgan fingerprint density at radius 2 is 1.85 bits per heavy atom. The highest BCUT2D eigenvalue weighted by Gasteiger charge is 2.19. The monoisotopic (exact) mass is 393 g/mol. The Balaban J connectivity index is 2.28. The van der Waals surface area contributed by atoms with E-state index < -0.39 is 15.9 Å². The number of carbonyl (C=O) groups is 1. The van der Waals surface area contributed by atoms with Crippen molar-refractivity contribution in [2.75, 3.05) is 22.8 Å². The lowest BCUT2D eigenvalue weighted by atomic mass is 10.1. The van der Waals surface area contributed by atoms with Crippen LogP contribution in [0.2, 0.25) is 0 Å². The molecule has 2 aromatic carbocycles. The molecule has 0 aliphatic rings. The molecule has 0 aliphatic heterocycles. The Hall–Kier alpha value is -2.61. The first kappa shape index (κ1) is 20.7. The van der Waals surface area contributed by atoms with Gasteiger partial charge in [-0.3, -0.25) is 9.10 Å². The predicted octanol–water partition coefficient (Wildman–Crippen LogP) is 3.07. The molecule has 2 rings (SSSR count). The smallest absolute Gasteiger partial charge is 0.251 e. The fourth-order valence-electron chi connectivity index (χ4n) is 2.71. The molecule has 0 radical (unpaired) electrons. The van der Waals surface area contributed by atoms with Crippen LogP contribution in [0.25, 0.3) is 0 Å². The molecule has 0 aromatic heterocycles. The summed E-state index contributed by atoms with van der Waals surface area (Å²) in [5, 5.41) is 2.81. The third kappa shape index (κ3) is 5.43. The van der Waals surface area contributed by atoms with Crippen LogP contribution in [0.3, 0.4) is 0 Å². The fraction of sp³-hybridized carbons (Fsp3) is 0.316. The molecule has 1 amide bonds. The van der Waals surface area contributed by atoms with E-state index in [-0.39, 0.29) is 29.7 Å². The standard InChI is InChI=1S/C19H24FN3O3S/c1-4-9-23(27(3,25)26)18-11-15(10-17(21)12-18)19(24)22-13(2)14-5-7-16(20)8-6-14/h5-8,10-13H,4,9,21H2,1-3H3,(H,22,24)/t13-/m1/s1. The summed E-state index contributed by atoms with van der Waals surface area (Å²) in [6, 6.07) is 10.00. The van der Waals surface area contributed by atoms with E-state index in [0.717, 1.165) is 11.8 Å².